The van der Waals surface area contributed by atoms with Gasteiger partial charge in [0.25, 0.3) is 0 Å². The van der Waals surface area contributed by atoms with Crippen LogP contribution in [-0.2, 0) is 52.2 Å². The van der Waals surface area contributed by atoms with Gasteiger partial charge in [0.05, 0.1) is 49.3 Å². The number of allylic oxidation sites excluding steroid dienone is 2. The van der Waals surface area contributed by atoms with E-state index < -0.39 is 103 Å². The van der Waals surface area contributed by atoms with Gasteiger partial charge < -0.3 is 67.8 Å². The Labute approximate surface area is 373 Å². The Hall–Kier alpha value is -2.09. The molecule has 7 aliphatic rings. The molecule has 0 amide bonds. The highest BCUT2D eigenvalue weighted by Gasteiger charge is 2.60. The second-order valence-electron chi connectivity index (χ2n) is 19.3. The van der Waals surface area contributed by atoms with E-state index in [-0.39, 0.29) is 37.1 Å². The molecule has 0 aromatic carbocycles. The summed E-state index contributed by atoms with van der Waals surface area (Å²) in [7, 11) is 3.21. The number of rotatable bonds is 9. The molecule has 20 unspecified atom stereocenters. The van der Waals surface area contributed by atoms with Gasteiger partial charge in [0.15, 0.2) is 18.4 Å². The van der Waals surface area contributed by atoms with Gasteiger partial charge in [-0.1, -0.05) is 57.6 Å². The number of hydrogen-bond acceptors (Lipinski definition) is 15. The lowest BCUT2D eigenvalue weighted by Gasteiger charge is -2.51. The van der Waals surface area contributed by atoms with E-state index in [4.69, 9.17) is 47.4 Å². The van der Waals surface area contributed by atoms with Crippen molar-refractivity contribution in [2.24, 2.45) is 23.7 Å². The van der Waals surface area contributed by atoms with Gasteiger partial charge >= 0.3 is 5.97 Å². The van der Waals surface area contributed by atoms with Crippen LogP contribution >= 0.6 is 0 Å². The van der Waals surface area contributed by atoms with Gasteiger partial charge in [-0.25, -0.2) is 0 Å². The maximum Gasteiger partial charge on any atom is 0.316 e. The minimum Gasteiger partial charge on any atom is -0.462 e. The van der Waals surface area contributed by atoms with E-state index in [1.54, 1.807) is 40.2 Å². The monoisotopic (exact) mass is 891 g/mol. The SMILES string of the molecule is CCC(C)C1OC2(CCC1CO)CC1CC(CC=C(C)C(OC3CC(OC)C(OC4CC(OC)C(O)C(C)O4)C(C)O3)C(C)C=CC=C3COC4C(O)C(C)=CC(C(=O)O1)C34O)O2. The summed E-state index contributed by atoms with van der Waals surface area (Å²) in [5.74, 6) is -2.85. The van der Waals surface area contributed by atoms with Crippen LogP contribution in [0.2, 0.25) is 0 Å². The fourth-order valence-electron chi connectivity index (χ4n) is 11.0. The second kappa shape index (κ2) is 20.4. The van der Waals surface area contributed by atoms with Gasteiger partial charge in [0, 0.05) is 64.8 Å². The molecule has 2 bridgehead atoms. The van der Waals surface area contributed by atoms with Gasteiger partial charge in [-0.2, -0.15) is 0 Å². The quantitative estimate of drug-likeness (QED) is 0.186. The third kappa shape index (κ3) is 10.1. The lowest BCUT2D eigenvalue weighted by atomic mass is 9.71. The number of hydrogen-bond donors (Lipinski definition) is 4. The van der Waals surface area contributed by atoms with Crippen LogP contribution in [0.4, 0.5) is 0 Å². The number of methoxy groups -OCH3 is 2. The van der Waals surface area contributed by atoms with Crippen molar-refractivity contribution in [1.82, 2.24) is 0 Å². The maximum atomic E-state index is 14.4. The van der Waals surface area contributed by atoms with Crippen molar-refractivity contribution in [3.05, 3.63) is 47.1 Å². The predicted molar refractivity (Wildman–Crippen MR) is 229 cm³/mol. The molecule has 6 aliphatic heterocycles. The van der Waals surface area contributed by atoms with Crippen molar-refractivity contribution in [3.8, 4) is 0 Å². The van der Waals surface area contributed by atoms with Crippen LogP contribution in [0.15, 0.2) is 47.1 Å². The zero-order valence-electron chi connectivity index (χ0n) is 38.6. The first-order chi connectivity index (χ1) is 30.0. The zero-order valence-corrected chi connectivity index (χ0v) is 38.6. The third-order valence-corrected chi connectivity index (χ3v) is 15.0. The molecule has 5 saturated heterocycles. The third-order valence-electron chi connectivity index (χ3n) is 15.0. The molecule has 0 saturated carbocycles. The van der Waals surface area contributed by atoms with Gasteiger partial charge in [0.2, 0.25) is 0 Å². The van der Waals surface area contributed by atoms with Crippen molar-refractivity contribution in [2.75, 3.05) is 27.4 Å². The summed E-state index contributed by atoms with van der Waals surface area (Å²) in [6.07, 6.45) is 5.21. The first kappa shape index (κ1) is 48.8. The van der Waals surface area contributed by atoms with Crippen LogP contribution in [0.5, 0.6) is 0 Å². The topological polar surface area (TPSA) is 190 Å². The fourth-order valence-corrected chi connectivity index (χ4v) is 11.0. The zero-order chi connectivity index (χ0) is 45.4. The van der Waals surface area contributed by atoms with Crippen molar-refractivity contribution in [2.45, 2.75) is 197 Å². The molecule has 15 heteroatoms. The van der Waals surface area contributed by atoms with E-state index >= 15 is 0 Å². The number of esters is 1. The number of fused-ring (bicyclic) bond motifs is 2. The molecule has 0 aromatic heterocycles. The molecule has 20 atom stereocenters. The normalized spacial score (nSPS) is 46.7. The summed E-state index contributed by atoms with van der Waals surface area (Å²) in [6.45, 7) is 13.8. The van der Waals surface area contributed by atoms with Crippen molar-refractivity contribution in [1.29, 1.82) is 0 Å². The lowest BCUT2D eigenvalue weighted by Crippen LogP contribution is -2.58. The molecular formula is C48H74O15. The summed E-state index contributed by atoms with van der Waals surface area (Å²) < 4.78 is 63.7. The van der Waals surface area contributed by atoms with Crippen molar-refractivity contribution < 1.29 is 72.6 Å². The largest absolute Gasteiger partial charge is 0.462 e. The number of ether oxygens (including phenoxy) is 10. The Bertz CT molecular complexity index is 1700. The van der Waals surface area contributed by atoms with Gasteiger partial charge in [-0.05, 0) is 63.2 Å². The Morgan fingerprint density at radius 3 is 2.37 bits per heavy atom. The smallest absolute Gasteiger partial charge is 0.316 e. The molecule has 63 heavy (non-hydrogen) atoms. The molecule has 1 aliphatic carbocycles. The Morgan fingerprint density at radius 2 is 1.65 bits per heavy atom. The van der Waals surface area contributed by atoms with Crippen LogP contribution < -0.4 is 0 Å². The predicted octanol–water partition coefficient (Wildman–Crippen LogP) is 4.57. The number of aliphatic hydroxyl groups is 4. The average Bonchev–Trinajstić information content (AvgIpc) is 3.60. The van der Waals surface area contributed by atoms with E-state index in [1.807, 2.05) is 26.0 Å². The minimum atomic E-state index is -1.85. The minimum absolute atomic E-state index is 0.0100. The molecule has 4 N–H and O–H groups in total. The van der Waals surface area contributed by atoms with E-state index in [0.29, 0.717) is 56.1 Å². The summed E-state index contributed by atoms with van der Waals surface area (Å²) >= 11 is 0. The highest BCUT2D eigenvalue weighted by molar-refractivity contribution is 5.78. The molecular weight excluding hydrogens is 817 g/mol. The van der Waals surface area contributed by atoms with E-state index in [9.17, 15) is 25.2 Å². The van der Waals surface area contributed by atoms with Crippen LogP contribution in [0.1, 0.15) is 99.8 Å². The Kier molecular flexibility index (Phi) is 15.8. The summed E-state index contributed by atoms with van der Waals surface area (Å²) in [4.78, 5) is 14.4. The number of aliphatic hydroxyl groups excluding tert-OH is 3. The highest BCUT2D eigenvalue weighted by Crippen LogP contribution is 2.48. The highest BCUT2D eigenvalue weighted by atomic mass is 16.7. The number of carbonyl (C=O) groups is 1. The average molecular weight is 891 g/mol. The molecule has 6 heterocycles. The molecule has 15 nitrogen and oxygen atoms in total. The Morgan fingerprint density at radius 1 is 0.937 bits per heavy atom. The van der Waals surface area contributed by atoms with E-state index in [1.165, 1.54) is 0 Å². The van der Waals surface area contributed by atoms with Gasteiger partial charge in [0.1, 0.15) is 42.0 Å². The summed E-state index contributed by atoms with van der Waals surface area (Å²) in [6, 6.07) is 0. The van der Waals surface area contributed by atoms with Gasteiger partial charge in [-0.3, -0.25) is 4.79 Å². The molecule has 5 fully saturated rings. The van der Waals surface area contributed by atoms with Crippen LogP contribution in [-0.4, -0.2) is 151 Å². The summed E-state index contributed by atoms with van der Waals surface area (Å²) in [5.41, 5.74) is 0.0840. The van der Waals surface area contributed by atoms with Crippen molar-refractivity contribution in [3.63, 3.8) is 0 Å². The molecule has 356 valence electrons. The van der Waals surface area contributed by atoms with Crippen molar-refractivity contribution >= 4 is 5.97 Å². The van der Waals surface area contributed by atoms with E-state index in [2.05, 4.69) is 26.8 Å². The fraction of sp³-hybridized carbons (Fsp3) is 0.812. The van der Waals surface area contributed by atoms with Gasteiger partial charge in [-0.15, -0.1) is 0 Å². The first-order valence-electron chi connectivity index (χ1n) is 23.3. The Balaban J connectivity index is 1.18. The maximum absolute atomic E-state index is 14.4. The second-order valence-corrected chi connectivity index (χ2v) is 19.3. The molecule has 7 rings (SSSR count). The summed E-state index contributed by atoms with van der Waals surface area (Å²) in [5, 5.41) is 44.6. The van der Waals surface area contributed by atoms with Crippen LogP contribution in [0.3, 0.4) is 0 Å². The van der Waals surface area contributed by atoms with Crippen LogP contribution in [0, 0.1) is 23.7 Å². The lowest BCUT2D eigenvalue weighted by molar-refractivity contribution is -0.343. The molecule has 0 aromatic rings. The molecule has 0 radical (unpaired) electrons. The van der Waals surface area contributed by atoms with E-state index in [0.717, 1.165) is 12.0 Å². The standard InChI is InChI=1S/C48H74O15/c1-10-25(2)43-31(23-49)16-17-47(63-43)22-34-19-33(62-47)15-14-27(4)42(26(3)12-11-13-32-24-56-45-40(50)28(5)18-35(46(52)59-34)48(32,45)53)60-39-21-37(55-9)44(30(7)58-39)61-38-20-36(54-8)41(51)29(6)57-38/h11-14,18,25-26,29-31,33-45,49-51,53H,10,15-17,19-24H2,1-9H3. The van der Waals surface area contributed by atoms with Crippen LogP contribution in [0.25, 0.3) is 0 Å². The number of carbonyl (C=O) groups excluding carboxylic acids is 1. The first-order valence-corrected chi connectivity index (χ1v) is 23.3. The molecule has 1 spiro atoms.